The average Bonchev–Trinajstić information content (AvgIpc) is 2.50. The number of thioether (sulfide) groups is 1. The first-order valence-electron chi connectivity index (χ1n) is 7.91. The van der Waals surface area contributed by atoms with Crippen molar-refractivity contribution >= 4 is 17.7 Å². The van der Waals surface area contributed by atoms with Crippen molar-refractivity contribution in [2.45, 2.75) is 50.7 Å². The van der Waals surface area contributed by atoms with Crippen LogP contribution in [0.5, 0.6) is 0 Å². The number of hydrogen-bond donors (Lipinski definition) is 2. The first-order valence-corrected chi connectivity index (χ1v) is 9.14. The summed E-state index contributed by atoms with van der Waals surface area (Å²) >= 11 is 1.94. The first-order chi connectivity index (χ1) is 9.76. The van der Waals surface area contributed by atoms with Gasteiger partial charge < -0.3 is 15.4 Å². The van der Waals surface area contributed by atoms with Gasteiger partial charge in [-0.1, -0.05) is 19.8 Å². The quantitative estimate of drug-likeness (QED) is 0.411. The fourth-order valence-electron chi connectivity index (χ4n) is 2.32. The van der Waals surface area contributed by atoms with Crippen LogP contribution in [0.2, 0.25) is 0 Å². The number of ether oxygens (including phenoxy) is 1. The van der Waals surface area contributed by atoms with E-state index in [1.807, 2.05) is 11.8 Å². The predicted octanol–water partition coefficient (Wildman–Crippen LogP) is 2.64. The molecular weight excluding hydrogens is 270 g/mol. The summed E-state index contributed by atoms with van der Waals surface area (Å²) in [4.78, 5) is 4.80. The highest BCUT2D eigenvalue weighted by Gasteiger charge is 2.31. The van der Waals surface area contributed by atoms with Crippen molar-refractivity contribution in [1.29, 1.82) is 0 Å². The zero-order valence-corrected chi connectivity index (χ0v) is 14.2. The summed E-state index contributed by atoms with van der Waals surface area (Å²) in [6.45, 7) is 8.88. The minimum atomic E-state index is 0.268. The number of rotatable bonds is 8. The molecule has 1 aliphatic heterocycles. The molecule has 1 rings (SSSR count). The van der Waals surface area contributed by atoms with E-state index < -0.39 is 0 Å². The van der Waals surface area contributed by atoms with Gasteiger partial charge in [0.05, 0.1) is 6.54 Å². The Kier molecular flexibility index (Phi) is 9.10. The van der Waals surface area contributed by atoms with Crippen LogP contribution < -0.4 is 10.6 Å². The molecule has 2 N–H and O–H groups in total. The van der Waals surface area contributed by atoms with Crippen LogP contribution in [0, 0.1) is 0 Å². The molecule has 118 valence electrons. The van der Waals surface area contributed by atoms with E-state index in [2.05, 4.69) is 30.7 Å². The van der Waals surface area contributed by atoms with Crippen LogP contribution in [0.4, 0.5) is 0 Å². The second-order valence-electron chi connectivity index (χ2n) is 5.33. The largest absolute Gasteiger partial charge is 0.381 e. The molecule has 0 bridgehead atoms. The highest BCUT2D eigenvalue weighted by atomic mass is 32.2. The van der Waals surface area contributed by atoms with Gasteiger partial charge >= 0.3 is 0 Å². The van der Waals surface area contributed by atoms with Crippen LogP contribution in [0.15, 0.2) is 4.99 Å². The normalized spacial score (nSPS) is 18.9. The van der Waals surface area contributed by atoms with Crippen molar-refractivity contribution < 1.29 is 4.74 Å². The maximum atomic E-state index is 5.48. The molecule has 1 saturated heterocycles. The van der Waals surface area contributed by atoms with Gasteiger partial charge in [0.15, 0.2) is 5.96 Å². The highest BCUT2D eigenvalue weighted by molar-refractivity contribution is 8.00. The number of nitrogens with zero attached hydrogens (tertiary/aromatic N) is 1. The maximum absolute atomic E-state index is 5.48. The molecule has 0 spiro atoms. The molecule has 1 heterocycles. The molecule has 0 radical (unpaired) electrons. The summed E-state index contributed by atoms with van der Waals surface area (Å²) in [5.41, 5.74) is 0. The molecule has 0 aromatic heterocycles. The lowest BCUT2D eigenvalue weighted by Gasteiger charge is -2.34. The third-order valence-electron chi connectivity index (χ3n) is 3.78. The van der Waals surface area contributed by atoms with Crippen molar-refractivity contribution in [3.63, 3.8) is 0 Å². The topological polar surface area (TPSA) is 45.7 Å². The Morgan fingerprint density at radius 3 is 2.55 bits per heavy atom. The summed E-state index contributed by atoms with van der Waals surface area (Å²) < 4.78 is 5.75. The van der Waals surface area contributed by atoms with Crippen molar-refractivity contribution in [2.24, 2.45) is 4.99 Å². The van der Waals surface area contributed by atoms with E-state index in [0.717, 1.165) is 51.6 Å². The van der Waals surface area contributed by atoms with Crippen LogP contribution in [0.1, 0.15) is 46.0 Å². The smallest absolute Gasteiger partial charge is 0.191 e. The molecule has 0 unspecified atom stereocenters. The van der Waals surface area contributed by atoms with Gasteiger partial charge in [-0.05, 0) is 32.4 Å². The lowest BCUT2D eigenvalue weighted by Crippen LogP contribution is -2.41. The molecular formula is C15H31N3OS. The van der Waals surface area contributed by atoms with Gasteiger partial charge in [0, 0.05) is 31.1 Å². The van der Waals surface area contributed by atoms with E-state index in [0.29, 0.717) is 0 Å². The van der Waals surface area contributed by atoms with Crippen LogP contribution in [-0.4, -0.2) is 49.8 Å². The molecule has 20 heavy (non-hydrogen) atoms. The molecule has 1 fully saturated rings. The van der Waals surface area contributed by atoms with Crippen LogP contribution in [0.3, 0.4) is 0 Å². The number of hydrogen-bond acceptors (Lipinski definition) is 3. The maximum Gasteiger partial charge on any atom is 0.191 e. The molecule has 4 nitrogen and oxygen atoms in total. The van der Waals surface area contributed by atoms with Crippen LogP contribution in [0.25, 0.3) is 0 Å². The monoisotopic (exact) mass is 301 g/mol. The number of guanidine groups is 1. The molecule has 0 aromatic rings. The lowest BCUT2D eigenvalue weighted by atomic mass is 9.99. The van der Waals surface area contributed by atoms with Gasteiger partial charge in [-0.25, -0.2) is 0 Å². The SMILES string of the molecule is CCCCCNC(=NCC1(SC)CCOCC1)NCC. The second-order valence-corrected chi connectivity index (χ2v) is 6.60. The highest BCUT2D eigenvalue weighted by Crippen LogP contribution is 2.33. The fourth-order valence-corrected chi connectivity index (χ4v) is 3.09. The fraction of sp³-hybridized carbons (Fsp3) is 0.933. The molecule has 0 atom stereocenters. The van der Waals surface area contributed by atoms with E-state index in [9.17, 15) is 0 Å². The van der Waals surface area contributed by atoms with Crippen LogP contribution in [-0.2, 0) is 4.74 Å². The standard InChI is InChI=1S/C15H31N3OS/c1-4-6-7-10-17-14(16-5-2)18-13-15(20-3)8-11-19-12-9-15/h4-13H2,1-3H3,(H2,16,17,18). The van der Waals surface area contributed by atoms with E-state index in [4.69, 9.17) is 9.73 Å². The zero-order valence-electron chi connectivity index (χ0n) is 13.3. The Morgan fingerprint density at radius 1 is 1.20 bits per heavy atom. The summed E-state index contributed by atoms with van der Waals surface area (Å²) in [5, 5.41) is 6.77. The van der Waals surface area contributed by atoms with Gasteiger partial charge in [0.1, 0.15) is 0 Å². The van der Waals surface area contributed by atoms with Crippen molar-refractivity contribution in [1.82, 2.24) is 10.6 Å². The lowest BCUT2D eigenvalue weighted by molar-refractivity contribution is 0.0794. The Bertz CT molecular complexity index is 278. The molecule has 1 aliphatic rings. The summed E-state index contributed by atoms with van der Waals surface area (Å²) in [7, 11) is 0. The van der Waals surface area contributed by atoms with Crippen LogP contribution >= 0.6 is 11.8 Å². The number of aliphatic imine (C=N–C) groups is 1. The minimum absolute atomic E-state index is 0.268. The molecule has 5 heteroatoms. The van der Waals surface area contributed by atoms with Gasteiger partial charge in [-0.15, -0.1) is 0 Å². The van der Waals surface area contributed by atoms with Gasteiger partial charge in [-0.3, -0.25) is 4.99 Å². The minimum Gasteiger partial charge on any atom is -0.381 e. The number of unbranched alkanes of at least 4 members (excludes halogenated alkanes) is 2. The summed E-state index contributed by atoms with van der Waals surface area (Å²) in [5.74, 6) is 0.962. The van der Waals surface area contributed by atoms with Crippen molar-refractivity contribution in [3.8, 4) is 0 Å². The second kappa shape index (κ2) is 10.3. The van der Waals surface area contributed by atoms with Crippen molar-refractivity contribution in [3.05, 3.63) is 0 Å². The first kappa shape index (κ1) is 17.6. The van der Waals surface area contributed by atoms with E-state index in [1.54, 1.807) is 0 Å². The zero-order chi connectivity index (χ0) is 14.7. The predicted molar refractivity (Wildman–Crippen MR) is 89.8 cm³/mol. The Hall–Kier alpha value is -0.420. The van der Waals surface area contributed by atoms with Crippen molar-refractivity contribution in [2.75, 3.05) is 39.1 Å². The third-order valence-corrected chi connectivity index (χ3v) is 5.18. The number of nitrogens with one attached hydrogen (secondary N) is 2. The molecule has 0 saturated carbocycles. The average molecular weight is 302 g/mol. The van der Waals surface area contributed by atoms with Gasteiger partial charge in [-0.2, -0.15) is 11.8 Å². The molecule has 0 amide bonds. The van der Waals surface area contributed by atoms with Gasteiger partial charge in [0.2, 0.25) is 0 Å². The Morgan fingerprint density at radius 2 is 1.95 bits per heavy atom. The Balaban J connectivity index is 2.46. The van der Waals surface area contributed by atoms with E-state index in [1.165, 1.54) is 19.3 Å². The van der Waals surface area contributed by atoms with Gasteiger partial charge in [0.25, 0.3) is 0 Å². The summed E-state index contributed by atoms with van der Waals surface area (Å²) in [6.07, 6.45) is 8.15. The van der Waals surface area contributed by atoms with E-state index in [-0.39, 0.29) is 4.75 Å². The molecule has 0 aromatic carbocycles. The summed E-state index contributed by atoms with van der Waals surface area (Å²) in [6, 6.07) is 0. The third kappa shape index (κ3) is 6.35. The molecule has 0 aliphatic carbocycles. The Labute approximate surface area is 128 Å². The van der Waals surface area contributed by atoms with E-state index >= 15 is 0 Å².